The van der Waals surface area contributed by atoms with Gasteiger partial charge >= 0.3 is 0 Å². The Labute approximate surface area is 173 Å². The van der Waals surface area contributed by atoms with Crippen LogP contribution in [0.25, 0.3) is 11.1 Å². The van der Waals surface area contributed by atoms with Crippen LogP contribution in [0.3, 0.4) is 0 Å². The zero-order valence-electron chi connectivity index (χ0n) is 17.5. The Morgan fingerprint density at radius 1 is 1.10 bits per heavy atom. The summed E-state index contributed by atoms with van der Waals surface area (Å²) >= 11 is 0. The summed E-state index contributed by atoms with van der Waals surface area (Å²) in [7, 11) is 3.38. The van der Waals surface area contributed by atoms with E-state index in [1.165, 1.54) is 17.7 Å². The number of fused-ring (bicyclic) bond motifs is 1. The molecule has 0 atom stereocenters. The predicted molar refractivity (Wildman–Crippen MR) is 112 cm³/mol. The molecule has 2 aliphatic rings. The van der Waals surface area contributed by atoms with Gasteiger partial charge in [0.15, 0.2) is 0 Å². The lowest BCUT2D eigenvalue weighted by atomic mass is 9.78. The molecule has 0 aromatic carbocycles. The van der Waals surface area contributed by atoms with Crippen LogP contribution < -0.4 is 4.74 Å². The van der Waals surface area contributed by atoms with Gasteiger partial charge < -0.3 is 9.47 Å². The number of pyridine rings is 2. The van der Waals surface area contributed by atoms with Gasteiger partial charge in [-0.2, -0.15) is 5.26 Å². The quantitative estimate of drug-likeness (QED) is 0.688. The van der Waals surface area contributed by atoms with Gasteiger partial charge in [-0.3, -0.25) is 4.98 Å². The third kappa shape index (κ3) is 3.62. The number of methoxy groups -OCH3 is 2. The Morgan fingerprint density at radius 2 is 1.90 bits per heavy atom. The van der Waals surface area contributed by atoms with Gasteiger partial charge in [-0.15, -0.1) is 0 Å². The molecule has 152 valence electrons. The number of aryl methyl sites for hydroxylation is 1. The SMILES string of the molecule is COCC1(c2nc3c(c(-c4ccnc(OC)c4)c2C#N)CCCCC3)CCCC1. The number of hydrogen-bond acceptors (Lipinski definition) is 5. The number of rotatable bonds is 5. The largest absolute Gasteiger partial charge is 0.481 e. The average molecular weight is 392 g/mol. The van der Waals surface area contributed by atoms with E-state index in [9.17, 15) is 5.26 Å². The lowest BCUT2D eigenvalue weighted by Crippen LogP contribution is -2.31. The van der Waals surface area contributed by atoms with Crippen LogP contribution in [0, 0.1) is 11.3 Å². The summed E-state index contributed by atoms with van der Waals surface area (Å²) in [5, 5.41) is 10.3. The van der Waals surface area contributed by atoms with E-state index >= 15 is 0 Å². The molecule has 2 heterocycles. The molecule has 1 saturated carbocycles. The van der Waals surface area contributed by atoms with Gasteiger partial charge in [0.1, 0.15) is 6.07 Å². The van der Waals surface area contributed by atoms with E-state index in [2.05, 4.69) is 11.1 Å². The molecule has 0 N–H and O–H groups in total. The molecule has 5 heteroatoms. The van der Waals surface area contributed by atoms with Gasteiger partial charge in [-0.1, -0.05) is 19.3 Å². The molecule has 2 aromatic heterocycles. The predicted octanol–water partition coefficient (Wildman–Crippen LogP) is 4.75. The number of ether oxygens (including phenoxy) is 2. The molecule has 0 saturated heterocycles. The highest BCUT2D eigenvalue weighted by molar-refractivity contribution is 5.77. The molecule has 0 amide bonds. The van der Waals surface area contributed by atoms with Gasteiger partial charge in [0.2, 0.25) is 5.88 Å². The molecule has 1 fully saturated rings. The Balaban J connectivity index is 2.01. The normalized spacial score (nSPS) is 18.0. The Kier molecular flexibility index (Phi) is 5.82. The first kappa shape index (κ1) is 19.8. The van der Waals surface area contributed by atoms with Crippen molar-refractivity contribution >= 4 is 0 Å². The van der Waals surface area contributed by atoms with Crippen molar-refractivity contribution in [1.82, 2.24) is 9.97 Å². The van der Waals surface area contributed by atoms with Gasteiger partial charge in [0.05, 0.1) is 25.0 Å². The van der Waals surface area contributed by atoms with E-state index in [1.807, 2.05) is 12.1 Å². The molecule has 4 rings (SSSR count). The molecule has 2 aromatic rings. The Bertz CT molecular complexity index is 926. The Morgan fingerprint density at radius 3 is 2.62 bits per heavy atom. The lowest BCUT2D eigenvalue weighted by Gasteiger charge is -2.31. The minimum absolute atomic E-state index is 0.160. The van der Waals surface area contributed by atoms with E-state index < -0.39 is 0 Å². The van der Waals surface area contributed by atoms with Crippen LogP contribution in [0.1, 0.15) is 67.5 Å². The molecule has 0 radical (unpaired) electrons. The second-order valence-corrected chi connectivity index (χ2v) is 8.32. The molecule has 0 spiro atoms. The van der Waals surface area contributed by atoms with E-state index in [1.54, 1.807) is 20.4 Å². The van der Waals surface area contributed by atoms with Crippen molar-refractivity contribution in [1.29, 1.82) is 5.26 Å². The van der Waals surface area contributed by atoms with Crippen molar-refractivity contribution in [2.45, 2.75) is 63.2 Å². The maximum atomic E-state index is 10.3. The van der Waals surface area contributed by atoms with E-state index in [0.29, 0.717) is 12.5 Å². The van der Waals surface area contributed by atoms with Crippen LogP contribution in [0.2, 0.25) is 0 Å². The number of aromatic nitrogens is 2. The highest BCUT2D eigenvalue weighted by atomic mass is 16.5. The molecular formula is C24H29N3O2. The van der Waals surface area contributed by atoms with Crippen molar-refractivity contribution in [2.24, 2.45) is 0 Å². The van der Waals surface area contributed by atoms with Crippen LogP contribution in [-0.2, 0) is 23.0 Å². The summed E-state index contributed by atoms with van der Waals surface area (Å²) in [6, 6.07) is 6.49. The lowest BCUT2D eigenvalue weighted by molar-refractivity contribution is 0.129. The van der Waals surface area contributed by atoms with Crippen LogP contribution >= 0.6 is 0 Å². The highest BCUT2D eigenvalue weighted by Gasteiger charge is 2.41. The maximum absolute atomic E-state index is 10.3. The van der Waals surface area contributed by atoms with Gasteiger partial charge in [0.25, 0.3) is 0 Å². The summed E-state index contributed by atoms with van der Waals surface area (Å²) in [5.74, 6) is 0.569. The summed E-state index contributed by atoms with van der Waals surface area (Å²) < 4.78 is 11.0. The maximum Gasteiger partial charge on any atom is 0.213 e. The second-order valence-electron chi connectivity index (χ2n) is 8.32. The van der Waals surface area contributed by atoms with Crippen LogP contribution in [-0.4, -0.2) is 30.8 Å². The Hall–Kier alpha value is -2.45. The molecular weight excluding hydrogens is 362 g/mol. The van der Waals surface area contributed by atoms with Crippen molar-refractivity contribution in [3.05, 3.63) is 40.8 Å². The monoisotopic (exact) mass is 391 g/mol. The van der Waals surface area contributed by atoms with Crippen molar-refractivity contribution < 1.29 is 9.47 Å². The molecule has 29 heavy (non-hydrogen) atoms. The minimum Gasteiger partial charge on any atom is -0.481 e. The van der Waals surface area contributed by atoms with E-state index in [-0.39, 0.29) is 5.41 Å². The van der Waals surface area contributed by atoms with Crippen molar-refractivity contribution in [3.63, 3.8) is 0 Å². The minimum atomic E-state index is -0.160. The molecule has 0 unspecified atom stereocenters. The average Bonchev–Trinajstić information content (AvgIpc) is 3.10. The van der Waals surface area contributed by atoms with Crippen LogP contribution in [0.4, 0.5) is 0 Å². The standard InChI is InChI=1S/C24H29N3O2/c1-28-16-24(11-6-7-12-24)23-19(15-25)22(17-10-13-26-21(14-17)29-2)18-8-4-3-5-9-20(18)27-23/h10,13-14H,3-9,11-12,16H2,1-2H3. The van der Waals surface area contributed by atoms with Crippen molar-refractivity contribution in [3.8, 4) is 23.1 Å². The first-order valence-corrected chi connectivity index (χ1v) is 10.7. The van der Waals surface area contributed by atoms with E-state index in [0.717, 1.165) is 73.8 Å². The van der Waals surface area contributed by atoms with Crippen LogP contribution in [0.5, 0.6) is 5.88 Å². The van der Waals surface area contributed by atoms with Gasteiger partial charge in [-0.25, -0.2) is 4.98 Å². The third-order valence-electron chi connectivity index (χ3n) is 6.55. The number of nitriles is 1. The molecule has 0 aliphatic heterocycles. The summed E-state index contributed by atoms with van der Waals surface area (Å²) in [5.41, 5.74) is 5.96. The van der Waals surface area contributed by atoms with Crippen molar-refractivity contribution in [2.75, 3.05) is 20.8 Å². The number of hydrogen-bond donors (Lipinski definition) is 0. The van der Waals surface area contributed by atoms with E-state index in [4.69, 9.17) is 14.5 Å². The molecule has 0 bridgehead atoms. The first-order valence-electron chi connectivity index (χ1n) is 10.7. The summed E-state index contributed by atoms with van der Waals surface area (Å²) in [6.45, 7) is 0.618. The fourth-order valence-electron chi connectivity index (χ4n) is 5.18. The van der Waals surface area contributed by atoms with Crippen LogP contribution in [0.15, 0.2) is 18.3 Å². The fourth-order valence-corrected chi connectivity index (χ4v) is 5.18. The zero-order valence-corrected chi connectivity index (χ0v) is 17.5. The highest BCUT2D eigenvalue weighted by Crippen LogP contribution is 2.45. The summed E-state index contributed by atoms with van der Waals surface area (Å²) in [6.07, 6.45) is 11.6. The third-order valence-corrected chi connectivity index (χ3v) is 6.55. The first-order chi connectivity index (χ1) is 14.2. The van der Waals surface area contributed by atoms with Gasteiger partial charge in [-0.05, 0) is 55.7 Å². The second kappa shape index (κ2) is 8.51. The molecule has 2 aliphatic carbocycles. The smallest absolute Gasteiger partial charge is 0.213 e. The summed E-state index contributed by atoms with van der Waals surface area (Å²) in [4.78, 5) is 9.47. The number of nitrogens with zero attached hydrogens (tertiary/aromatic N) is 3. The fraction of sp³-hybridized carbons (Fsp3) is 0.542. The van der Waals surface area contributed by atoms with Gasteiger partial charge in [0, 0.05) is 36.0 Å². The zero-order chi connectivity index (χ0) is 20.3. The topological polar surface area (TPSA) is 68.0 Å². The molecule has 5 nitrogen and oxygen atoms in total.